The van der Waals surface area contributed by atoms with E-state index in [1.165, 1.54) is 12.1 Å². The lowest BCUT2D eigenvalue weighted by Gasteiger charge is -2.26. The predicted octanol–water partition coefficient (Wildman–Crippen LogP) is 5.44. The van der Waals surface area contributed by atoms with E-state index in [9.17, 15) is 13.2 Å². The summed E-state index contributed by atoms with van der Waals surface area (Å²) in [7, 11) is -4.01. The fourth-order valence-electron chi connectivity index (χ4n) is 2.95. The minimum atomic E-state index is -4.01. The second-order valence-electron chi connectivity index (χ2n) is 6.67. The SMILES string of the molecule is Cc1c(Cl)cccc1NC(=O)CN(c1cccc(Cl)c1C)S(=O)(=O)c1ccccc1. The van der Waals surface area contributed by atoms with Crippen molar-refractivity contribution in [1.29, 1.82) is 0 Å². The Labute approximate surface area is 186 Å². The van der Waals surface area contributed by atoms with Crippen LogP contribution in [0.15, 0.2) is 71.6 Å². The van der Waals surface area contributed by atoms with Crippen molar-refractivity contribution in [3.8, 4) is 0 Å². The second kappa shape index (κ2) is 9.08. The fourth-order valence-corrected chi connectivity index (χ4v) is 4.79. The summed E-state index contributed by atoms with van der Waals surface area (Å²) in [5.41, 5.74) is 2.12. The Kier molecular flexibility index (Phi) is 6.71. The first-order valence-electron chi connectivity index (χ1n) is 9.09. The maximum absolute atomic E-state index is 13.4. The van der Waals surface area contributed by atoms with E-state index in [1.54, 1.807) is 68.4 Å². The number of carbonyl (C=O) groups excluding carboxylic acids is 1. The summed E-state index contributed by atoms with van der Waals surface area (Å²) < 4.78 is 27.8. The molecule has 0 radical (unpaired) electrons. The van der Waals surface area contributed by atoms with Crippen LogP contribution in [0.5, 0.6) is 0 Å². The summed E-state index contributed by atoms with van der Waals surface area (Å²) >= 11 is 12.3. The lowest BCUT2D eigenvalue weighted by atomic mass is 10.2. The van der Waals surface area contributed by atoms with E-state index in [0.29, 0.717) is 32.5 Å². The average Bonchev–Trinajstić information content (AvgIpc) is 2.72. The summed E-state index contributed by atoms with van der Waals surface area (Å²) in [6, 6.07) is 18.0. The van der Waals surface area contributed by atoms with Crippen molar-refractivity contribution in [1.82, 2.24) is 0 Å². The van der Waals surface area contributed by atoms with Crippen molar-refractivity contribution in [2.75, 3.05) is 16.2 Å². The highest BCUT2D eigenvalue weighted by atomic mass is 35.5. The number of anilines is 2. The highest BCUT2D eigenvalue weighted by Crippen LogP contribution is 2.31. The van der Waals surface area contributed by atoms with Crippen LogP contribution >= 0.6 is 23.2 Å². The van der Waals surface area contributed by atoms with E-state index in [4.69, 9.17) is 23.2 Å². The van der Waals surface area contributed by atoms with Gasteiger partial charge >= 0.3 is 0 Å². The maximum Gasteiger partial charge on any atom is 0.264 e. The Morgan fingerprint density at radius 2 is 1.47 bits per heavy atom. The van der Waals surface area contributed by atoms with Gasteiger partial charge in [0.25, 0.3) is 10.0 Å². The molecule has 1 amide bonds. The fraction of sp³-hybridized carbons (Fsp3) is 0.136. The van der Waals surface area contributed by atoms with E-state index in [2.05, 4.69) is 5.32 Å². The molecule has 0 unspecified atom stereocenters. The van der Waals surface area contributed by atoms with Gasteiger partial charge in [-0.1, -0.05) is 53.5 Å². The molecule has 0 heterocycles. The standard InChI is InChI=1S/C22H20Cl2N2O3S/c1-15-18(23)10-6-12-20(15)25-22(27)14-26(21-13-7-11-19(24)16(21)2)30(28,29)17-8-4-3-5-9-17/h3-13H,14H2,1-2H3,(H,25,27). The van der Waals surface area contributed by atoms with Crippen LogP contribution < -0.4 is 9.62 Å². The van der Waals surface area contributed by atoms with Crippen LogP contribution in [0.3, 0.4) is 0 Å². The van der Waals surface area contributed by atoms with Gasteiger partial charge in [-0.05, 0) is 61.4 Å². The Balaban J connectivity index is 2.01. The Morgan fingerprint density at radius 1 is 0.867 bits per heavy atom. The lowest BCUT2D eigenvalue weighted by molar-refractivity contribution is -0.114. The molecule has 0 aliphatic rings. The van der Waals surface area contributed by atoms with Gasteiger partial charge in [-0.2, -0.15) is 0 Å². The molecule has 3 aromatic carbocycles. The largest absolute Gasteiger partial charge is 0.324 e. The molecule has 0 aliphatic heterocycles. The Hall–Kier alpha value is -2.54. The zero-order valence-electron chi connectivity index (χ0n) is 16.4. The van der Waals surface area contributed by atoms with E-state index < -0.39 is 22.5 Å². The Bertz CT molecular complexity index is 1180. The molecule has 0 aliphatic carbocycles. The maximum atomic E-state index is 13.4. The molecule has 0 saturated heterocycles. The molecule has 1 N–H and O–H groups in total. The molecule has 0 fully saturated rings. The second-order valence-corrected chi connectivity index (χ2v) is 9.35. The normalized spacial score (nSPS) is 11.2. The van der Waals surface area contributed by atoms with Crippen LogP contribution in [0, 0.1) is 13.8 Å². The van der Waals surface area contributed by atoms with Gasteiger partial charge in [-0.15, -0.1) is 0 Å². The third-order valence-corrected chi connectivity index (χ3v) is 7.26. The average molecular weight is 463 g/mol. The summed E-state index contributed by atoms with van der Waals surface area (Å²) in [5, 5.41) is 3.66. The van der Waals surface area contributed by atoms with Crippen molar-refractivity contribution < 1.29 is 13.2 Å². The van der Waals surface area contributed by atoms with E-state index in [-0.39, 0.29) is 4.90 Å². The van der Waals surface area contributed by atoms with Gasteiger partial charge in [-0.25, -0.2) is 8.42 Å². The molecular weight excluding hydrogens is 443 g/mol. The quantitative estimate of drug-likeness (QED) is 0.529. The van der Waals surface area contributed by atoms with Gasteiger partial charge in [0.1, 0.15) is 6.54 Å². The summed E-state index contributed by atoms with van der Waals surface area (Å²) in [4.78, 5) is 12.9. The van der Waals surface area contributed by atoms with Gasteiger partial charge < -0.3 is 5.32 Å². The molecule has 156 valence electrons. The first-order chi connectivity index (χ1) is 14.2. The first-order valence-corrected chi connectivity index (χ1v) is 11.3. The van der Waals surface area contributed by atoms with Gasteiger partial charge in [0.2, 0.25) is 5.91 Å². The van der Waals surface area contributed by atoms with Crippen LogP contribution in [0.1, 0.15) is 11.1 Å². The van der Waals surface area contributed by atoms with Crippen LogP contribution in [0.4, 0.5) is 11.4 Å². The molecule has 0 saturated carbocycles. The number of amides is 1. The number of benzene rings is 3. The number of nitrogens with one attached hydrogen (secondary N) is 1. The number of hydrogen-bond acceptors (Lipinski definition) is 3. The van der Waals surface area contributed by atoms with Crippen LogP contribution in [-0.2, 0) is 14.8 Å². The Morgan fingerprint density at radius 3 is 2.13 bits per heavy atom. The molecule has 0 spiro atoms. The minimum Gasteiger partial charge on any atom is -0.324 e. The monoisotopic (exact) mass is 462 g/mol. The van der Waals surface area contributed by atoms with E-state index in [1.807, 2.05) is 0 Å². The lowest BCUT2D eigenvalue weighted by Crippen LogP contribution is -2.38. The number of rotatable bonds is 6. The smallest absolute Gasteiger partial charge is 0.264 e. The highest BCUT2D eigenvalue weighted by Gasteiger charge is 2.28. The first kappa shape index (κ1) is 22.2. The molecular formula is C22H20Cl2N2O3S. The minimum absolute atomic E-state index is 0.0797. The van der Waals surface area contributed by atoms with Crippen molar-refractivity contribution in [2.24, 2.45) is 0 Å². The van der Waals surface area contributed by atoms with Crippen LogP contribution in [-0.4, -0.2) is 20.9 Å². The van der Waals surface area contributed by atoms with Crippen molar-refractivity contribution in [2.45, 2.75) is 18.7 Å². The summed E-state index contributed by atoms with van der Waals surface area (Å²) in [5.74, 6) is -0.501. The number of nitrogens with zero attached hydrogens (tertiary/aromatic N) is 1. The van der Waals surface area contributed by atoms with Crippen molar-refractivity contribution >= 4 is 50.5 Å². The molecule has 0 atom stereocenters. The van der Waals surface area contributed by atoms with E-state index in [0.717, 1.165) is 4.31 Å². The van der Waals surface area contributed by atoms with Crippen molar-refractivity contribution in [3.05, 3.63) is 87.9 Å². The van der Waals surface area contributed by atoms with Gasteiger partial charge in [0.05, 0.1) is 10.6 Å². The summed E-state index contributed by atoms with van der Waals surface area (Å²) in [6.07, 6.45) is 0. The zero-order valence-corrected chi connectivity index (χ0v) is 18.7. The van der Waals surface area contributed by atoms with Crippen molar-refractivity contribution in [3.63, 3.8) is 0 Å². The number of sulfonamides is 1. The highest BCUT2D eigenvalue weighted by molar-refractivity contribution is 7.92. The zero-order chi connectivity index (χ0) is 21.9. The predicted molar refractivity (Wildman–Crippen MR) is 122 cm³/mol. The molecule has 3 rings (SSSR count). The molecule has 30 heavy (non-hydrogen) atoms. The summed E-state index contributed by atoms with van der Waals surface area (Å²) in [6.45, 7) is 3.06. The topological polar surface area (TPSA) is 66.5 Å². The van der Waals surface area contributed by atoms with E-state index >= 15 is 0 Å². The van der Waals surface area contributed by atoms with Crippen LogP contribution in [0.25, 0.3) is 0 Å². The third kappa shape index (κ3) is 4.61. The molecule has 5 nitrogen and oxygen atoms in total. The molecule has 8 heteroatoms. The molecule has 3 aromatic rings. The molecule has 0 aromatic heterocycles. The van der Waals surface area contributed by atoms with Gasteiger partial charge in [0, 0.05) is 15.7 Å². The number of carbonyl (C=O) groups is 1. The third-order valence-electron chi connectivity index (χ3n) is 4.67. The number of hydrogen-bond donors (Lipinski definition) is 1. The van der Waals surface area contributed by atoms with Gasteiger partial charge in [-0.3, -0.25) is 9.10 Å². The molecule has 0 bridgehead atoms. The number of halogens is 2. The van der Waals surface area contributed by atoms with Crippen LogP contribution in [0.2, 0.25) is 10.0 Å². The van der Waals surface area contributed by atoms with Gasteiger partial charge in [0.15, 0.2) is 0 Å².